The van der Waals surface area contributed by atoms with E-state index in [0.29, 0.717) is 6.42 Å². The lowest BCUT2D eigenvalue weighted by Crippen LogP contribution is -2.15. The van der Waals surface area contributed by atoms with Crippen LogP contribution in [-0.4, -0.2) is 23.8 Å². The molecule has 0 aromatic heterocycles. The first kappa shape index (κ1) is 13.4. The van der Waals surface area contributed by atoms with E-state index in [9.17, 15) is 4.79 Å². The average molecular weight is 202 g/mol. The van der Waals surface area contributed by atoms with E-state index in [1.165, 1.54) is 0 Å². The first-order valence-corrected chi connectivity index (χ1v) is 5.54. The second-order valence-electron chi connectivity index (χ2n) is 3.57. The third-order valence-electron chi connectivity index (χ3n) is 2.12. The number of rotatable bonds is 9. The summed E-state index contributed by atoms with van der Waals surface area (Å²) in [5.41, 5.74) is 0. The second-order valence-corrected chi connectivity index (χ2v) is 3.57. The van der Waals surface area contributed by atoms with E-state index in [1.807, 2.05) is 0 Å². The van der Waals surface area contributed by atoms with Crippen LogP contribution in [0.25, 0.3) is 0 Å². The van der Waals surface area contributed by atoms with Gasteiger partial charge < -0.3 is 9.84 Å². The molecule has 0 aliphatic heterocycles. The van der Waals surface area contributed by atoms with Crippen LogP contribution >= 0.6 is 0 Å². The molecule has 1 unspecified atom stereocenters. The van der Waals surface area contributed by atoms with Crippen LogP contribution in [0.3, 0.4) is 0 Å². The van der Waals surface area contributed by atoms with Gasteiger partial charge in [-0.1, -0.05) is 26.7 Å². The van der Waals surface area contributed by atoms with Gasteiger partial charge in [-0.25, -0.2) is 0 Å². The van der Waals surface area contributed by atoms with E-state index in [4.69, 9.17) is 9.84 Å². The Morgan fingerprint density at radius 3 is 2.50 bits per heavy atom. The molecule has 0 aliphatic rings. The Labute approximate surface area is 86.5 Å². The van der Waals surface area contributed by atoms with Gasteiger partial charge in [-0.3, -0.25) is 4.79 Å². The summed E-state index contributed by atoms with van der Waals surface area (Å²) in [6.07, 6.45) is 5.26. The van der Waals surface area contributed by atoms with Gasteiger partial charge in [0.15, 0.2) is 0 Å². The van der Waals surface area contributed by atoms with Crippen molar-refractivity contribution in [2.75, 3.05) is 6.61 Å². The third kappa shape index (κ3) is 8.05. The minimum absolute atomic E-state index is 0.144. The van der Waals surface area contributed by atoms with E-state index < -0.39 is 5.97 Å². The largest absolute Gasteiger partial charge is 0.481 e. The highest BCUT2D eigenvalue weighted by molar-refractivity contribution is 5.66. The van der Waals surface area contributed by atoms with Gasteiger partial charge in [0.2, 0.25) is 0 Å². The maximum Gasteiger partial charge on any atom is 0.303 e. The fourth-order valence-electron chi connectivity index (χ4n) is 1.31. The molecule has 3 nitrogen and oxygen atoms in total. The van der Waals surface area contributed by atoms with Crippen molar-refractivity contribution >= 4 is 5.97 Å². The van der Waals surface area contributed by atoms with E-state index >= 15 is 0 Å². The molecule has 0 aromatic carbocycles. The molecular formula is C11H22O3. The normalized spacial score (nSPS) is 12.7. The van der Waals surface area contributed by atoms with Gasteiger partial charge >= 0.3 is 5.97 Å². The maximum atomic E-state index is 10.4. The van der Waals surface area contributed by atoms with Gasteiger partial charge in [-0.2, -0.15) is 0 Å². The van der Waals surface area contributed by atoms with Gasteiger partial charge in [0.25, 0.3) is 0 Å². The van der Waals surface area contributed by atoms with Gasteiger partial charge in [-0.05, 0) is 19.3 Å². The van der Waals surface area contributed by atoms with Gasteiger partial charge in [0.05, 0.1) is 6.10 Å². The molecule has 0 saturated heterocycles. The first-order valence-electron chi connectivity index (χ1n) is 5.54. The summed E-state index contributed by atoms with van der Waals surface area (Å²) in [5.74, 6) is -0.730. The van der Waals surface area contributed by atoms with Crippen molar-refractivity contribution in [2.45, 2.75) is 58.5 Å². The lowest BCUT2D eigenvalue weighted by atomic mass is 10.1. The van der Waals surface area contributed by atoms with Crippen molar-refractivity contribution in [3.05, 3.63) is 0 Å². The molecule has 84 valence electrons. The summed E-state index contributed by atoms with van der Waals surface area (Å²) in [5, 5.41) is 8.56. The standard InChI is InChI=1S/C11H22O3/c1-3-5-6-10(14-9-4-2)7-8-11(12)13/h10H,3-9H2,1-2H3,(H,12,13). The van der Waals surface area contributed by atoms with Gasteiger partial charge in [0.1, 0.15) is 0 Å². The van der Waals surface area contributed by atoms with Crippen LogP contribution in [-0.2, 0) is 9.53 Å². The fraction of sp³-hybridized carbons (Fsp3) is 0.909. The molecule has 0 amide bonds. The molecule has 14 heavy (non-hydrogen) atoms. The molecule has 1 N–H and O–H groups in total. The van der Waals surface area contributed by atoms with Crippen molar-refractivity contribution in [3.8, 4) is 0 Å². The Bertz CT molecular complexity index is 137. The van der Waals surface area contributed by atoms with Crippen LogP contribution < -0.4 is 0 Å². The Morgan fingerprint density at radius 1 is 1.29 bits per heavy atom. The topological polar surface area (TPSA) is 46.5 Å². The zero-order valence-corrected chi connectivity index (χ0v) is 9.29. The smallest absolute Gasteiger partial charge is 0.303 e. The number of carbonyl (C=O) groups is 1. The summed E-state index contributed by atoms with van der Waals surface area (Å²) in [7, 11) is 0. The van der Waals surface area contributed by atoms with Crippen molar-refractivity contribution in [1.82, 2.24) is 0 Å². The highest BCUT2D eigenvalue weighted by atomic mass is 16.5. The van der Waals surface area contributed by atoms with Crippen molar-refractivity contribution < 1.29 is 14.6 Å². The molecule has 0 rings (SSSR count). The number of unbranched alkanes of at least 4 members (excludes halogenated alkanes) is 1. The molecule has 0 heterocycles. The SMILES string of the molecule is CCCCC(CCC(=O)O)OCCC. The van der Waals surface area contributed by atoms with Crippen molar-refractivity contribution in [3.63, 3.8) is 0 Å². The Kier molecular flexibility index (Phi) is 8.64. The molecule has 0 fully saturated rings. The predicted molar refractivity (Wildman–Crippen MR) is 56.4 cm³/mol. The number of carboxylic acid groups (broad SMARTS) is 1. The van der Waals surface area contributed by atoms with Crippen LogP contribution in [0.15, 0.2) is 0 Å². The van der Waals surface area contributed by atoms with E-state index in [0.717, 1.165) is 32.3 Å². The van der Waals surface area contributed by atoms with Gasteiger partial charge in [-0.15, -0.1) is 0 Å². The summed E-state index contributed by atoms with van der Waals surface area (Å²) < 4.78 is 5.58. The number of aliphatic carboxylic acids is 1. The second kappa shape index (κ2) is 9.00. The zero-order valence-electron chi connectivity index (χ0n) is 9.29. The summed E-state index contributed by atoms with van der Waals surface area (Å²) in [4.78, 5) is 10.4. The minimum atomic E-state index is -0.730. The van der Waals surface area contributed by atoms with Crippen LogP contribution in [0.1, 0.15) is 52.4 Å². The molecule has 0 saturated carbocycles. The summed E-state index contributed by atoms with van der Waals surface area (Å²) in [6, 6.07) is 0. The van der Waals surface area contributed by atoms with Crippen molar-refractivity contribution in [2.24, 2.45) is 0 Å². The highest BCUT2D eigenvalue weighted by Gasteiger charge is 2.10. The summed E-state index contributed by atoms with van der Waals surface area (Å²) in [6.45, 7) is 4.94. The van der Waals surface area contributed by atoms with E-state index in [-0.39, 0.29) is 12.5 Å². The Hall–Kier alpha value is -0.570. The van der Waals surface area contributed by atoms with Crippen LogP contribution in [0, 0.1) is 0 Å². The van der Waals surface area contributed by atoms with Crippen LogP contribution in [0.5, 0.6) is 0 Å². The fourth-order valence-corrected chi connectivity index (χ4v) is 1.31. The monoisotopic (exact) mass is 202 g/mol. The lowest BCUT2D eigenvalue weighted by Gasteiger charge is -2.16. The summed E-state index contributed by atoms with van der Waals surface area (Å²) >= 11 is 0. The molecule has 3 heteroatoms. The quantitative estimate of drug-likeness (QED) is 0.625. The number of hydrogen-bond acceptors (Lipinski definition) is 2. The Balaban J connectivity index is 3.65. The third-order valence-corrected chi connectivity index (χ3v) is 2.12. The molecule has 1 atom stereocenters. The van der Waals surface area contributed by atoms with Crippen molar-refractivity contribution in [1.29, 1.82) is 0 Å². The number of hydrogen-bond donors (Lipinski definition) is 1. The van der Waals surface area contributed by atoms with Gasteiger partial charge in [0, 0.05) is 13.0 Å². The highest BCUT2D eigenvalue weighted by Crippen LogP contribution is 2.11. The van der Waals surface area contributed by atoms with Crippen LogP contribution in [0.2, 0.25) is 0 Å². The first-order chi connectivity index (χ1) is 6.70. The molecule has 0 bridgehead atoms. The number of carboxylic acids is 1. The molecule has 0 spiro atoms. The number of ether oxygens (including phenoxy) is 1. The average Bonchev–Trinajstić information content (AvgIpc) is 2.16. The zero-order chi connectivity index (χ0) is 10.8. The lowest BCUT2D eigenvalue weighted by molar-refractivity contribution is -0.137. The van der Waals surface area contributed by atoms with Crippen LogP contribution in [0.4, 0.5) is 0 Å². The maximum absolute atomic E-state index is 10.4. The molecule has 0 radical (unpaired) electrons. The molecule has 0 aliphatic carbocycles. The predicted octanol–water partition coefficient (Wildman–Crippen LogP) is 2.84. The van der Waals surface area contributed by atoms with E-state index in [1.54, 1.807) is 0 Å². The molecular weight excluding hydrogens is 180 g/mol. The van der Waals surface area contributed by atoms with E-state index in [2.05, 4.69) is 13.8 Å². The Morgan fingerprint density at radius 2 is 2.00 bits per heavy atom. The molecule has 0 aromatic rings. The minimum Gasteiger partial charge on any atom is -0.481 e.